The van der Waals surface area contributed by atoms with Gasteiger partial charge in [0, 0.05) is 12.7 Å². The molecular weight excluding hydrogens is 164 g/mol. The van der Waals surface area contributed by atoms with Gasteiger partial charge in [-0.15, -0.1) is 0 Å². The van der Waals surface area contributed by atoms with Gasteiger partial charge in [0.05, 0.1) is 6.61 Å². The van der Waals surface area contributed by atoms with Crippen LogP contribution in [0.3, 0.4) is 0 Å². The van der Waals surface area contributed by atoms with Crippen LogP contribution in [-0.4, -0.2) is 19.5 Å². The number of rotatable bonds is 4. The van der Waals surface area contributed by atoms with Gasteiger partial charge in [0.2, 0.25) is 0 Å². The number of ketones is 1. The van der Waals surface area contributed by atoms with Crippen LogP contribution in [0, 0.1) is 0 Å². The first-order valence-corrected chi connectivity index (χ1v) is 4.33. The average molecular weight is 178 g/mol. The molecule has 0 radical (unpaired) electrons. The number of hydrogen-bond acceptors (Lipinski definition) is 2. The van der Waals surface area contributed by atoms with Gasteiger partial charge in [0.15, 0.2) is 5.78 Å². The van der Waals surface area contributed by atoms with Crippen molar-refractivity contribution >= 4 is 5.78 Å². The van der Waals surface area contributed by atoms with Crippen LogP contribution >= 0.6 is 0 Å². The Morgan fingerprint density at radius 1 is 1.46 bits per heavy atom. The fourth-order valence-electron chi connectivity index (χ4n) is 1.17. The van der Waals surface area contributed by atoms with Gasteiger partial charge in [-0.3, -0.25) is 4.79 Å². The molecule has 2 heteroatoms. The highest BCUT2D eigenvalue weighted by Crippen LogP contribution is 2.06. The zero-order chi connectivity index (χ0) is 9.68. The predicted octanol–water partition coefficient (Wildman–Crippen LogP) is 2.08. The molecule has 0 N–H and O–H groups in total. The monoisotopic (exact) mass is 178 g/mol. The van der Waals surface area contributed by atoms with Crippen LogP contribution in [0.4, 0.5) is 0 Å². The highest BCUT2D eigenvalue weighted by molar-refractivity contribution is 5.94. The summed E-state index contributed by atoms with van der Waals surface area (Å²) in [6, 6.07) is 7.66. The number of carbonyl (C=O) groups excluding carboxylic acids is 1. The molecule has 1 rings (SSSR count). The first-order valence-electron chi connectivity index (χ1n) is 4.33. The van der Waals surface area contributed by atoms with Crippen LogP contribution in [0.5, 0.6) is 0 Å². The molecule has 0 amide bonds. The lowest BCUT2D eigenvalue weighted by atomic mass is 10.1. The minimum Gasteiger partial charge on any atom is -0.384 e. The van der Waals surface area contributed by atoms with Crippen LogP contribution in [0.25, 0.3) is 0 Å². The third-order valence-corrected chi connectivity index (χ3v) is 1.93. The van der Waals surface area contributed by atoms with Gasteiger partial charge in [-0.05, 0) is 25.0 Å². The smallest absolute Gasteiger partial charge is 0.159 e. The lowest BCUT2D eigenvalue weighted by molar-refractivity contribution is 0.101. The summed E-state index contributed by atoms with van der Waals surface area (Å²) in [5.74, 6) is 0.110. The van der Waals surface area contributed by atoms with E-state index in [0.29, 0.717) is 6.61 Å². The van der Waals surface area contributed by atoms with Crippen LogP contribution in [0.15, 0.2) is 24.3 Å². The number of Topliss-reactive ketones (excluding diaryl/α,β-unsaturated/α-hetero) is 1. The first kappa shape index (κ1) is 9.93. The predicted molar refractivity (Wildman–Crippen MR) is 52.0 cm³/mol. The zero-order valence-electron chi connectivity index (χ0n) is 8.04. The second-order valence-corrected chi connectivity index (χ2v) is 3.00. The van der Waals surface area contributed by atoms with E-state index < -0.39 is 0 Å². The van der Waals surface area contributed by atoms with Crippen molar-refractivity contribution in [2.45, 2.75) is 13.3 Å². The maximum atomic E-state index is 11.0. The average Bonchev–Trinajstić information content (AvgIpc) is 2.15. The SMILES string of the molecule is COCCc1cccc(C(C)=O)c1. The van der Waals surface area contributed by atoms with Gasteiger partial charge in [0.25, 0.3) is 0 Å². The Bertz CT molecular complexity index is 292. The van der Waals surface area contributed by atoms with Gasteiger partial charge in [0.1, 0.15) is 0 Å². The van der Waals surface area contributed by atoms with E-state index in [-0.39, 0.29) is 5.78 Å². The van der Waals surface area contributed by atoms with Crippen molar-refractivity contribution in [2.24, 2.45) is 0 Å². The fraction of sp³-hybridized carbons (Fsp3) is 0.364. The van der Waals surface area contributed by atoms with E-state index in [1.165, 1.54) is 0 Å². The summed E-state index contributed by atoms with van der Waals surface area (Å²) in [6.45, 7) is 2.27. The molecule has 2 nitrogen and oxygen atoms in total. The molecule has 0 saturated carbocycles. The fourth-order valence-corrected chi connectivity index (χ4v) is 1.17. The molecular formula is C11H14O2. The summed E-state index contributed by atoms with van der Waals surface area (Å²) in [4.78, 5) is 11.0. The number of benzene rings is 1. The number of carbonyl (C=O) groups is 1. The Labute approximate surface area is 78.5 Å². The van der Waals surface area contributed by atoms with Crippen LogP contribution in [0.1, 0.15) is 22.8 Å². The Balaban J connectivity index is 2.73. The molecule has 0 aliphatic rings. The minimum atomic E-state index is 0.110. The lowest BCUT2D eigenvalue weighted by Gasteiger charge is -2.01. The second kappa shape index (κ2) is 4.77. The number of ether oxygens (including phenoxy) is 1. The van der Waals surface area contributed by atoms with Gasteiger partial charge in [-0.25, -0.2) is 0 Å². The molecule has 0 aliphatic carbocycles. The Morgan fingerprint density at radius 2 is 2.23 bits per heavy atom. The molecule has 0 atom stereocenters. The molecule has 0 unspecified atom stereocenters. The minimum absolute atomic E-state index is 0.110. The number of hydrogen-bond donors (Lipinski definition) is 0. The van der Waals surface area contributed by atoms with Crippen molar-refractivity contribution in [3.8, 4) is 0 Å². The Kier molecular flexibility index (Phi) is 3.65. The highest BCUT2D eigenvalue weighted by atomic mass is 16.5. The van der Waals surface area contributed by atoms with Crippen molar-refractivity contribution in [2.75, 3.05) is 13.7 Å². The molecule has 0 spiro atoms. The standard InChI is InChI=1S/C11H14O2/c1-9(12)11-5-3-4-10(8-11)6-7-13-2/h3-5,8H,6-7H2,1-2H3. The Morgan fingerprint density at radius 3 is 2.85 bits per heavy atom. The van der Waals surface area contributed by atoms with Gasteiger partial charge < -0.3 is 4.74 Å². The van der Waals surface area contributed by atoms with Crippen molar-refractivity contribution in [1.82, 2.24) is 0 Å². The number of methoxy groups -OCH3 is 1. The molecule has 0 aromatic heterocycles. The summed E-state index contributed by atoms with van der Waals surface area (Å²) in [5, 5.41) is 0. The summed E-state index contributed by atoms with van der Waals surface area (Å²) < 4.78 is 4.96. The van der Waals surface area contributed by atoms with E-state index in [4.69, 9.17) is 4.74 Å². The van der Waals surface area contributed by atoms with Crippen molar-refractivity contribution in [3.63, 3.8) is 0 Å². The van der Waals surface area contributed by atoms with E-state index in [0.717, 1.165) is 17.5 Å². The summed E-state index contributed by atoms with van der Waals surface area (Å²) in [7, 11) is 1.68. The van der Waals surface area contributed by atoms with Gasteiger partial charge in [-0.1, -0.05) is 18.2 Å². The normalized spacial score (nSPS) is 10.0. The molecule has 1 aromatic rings. The van der Waals surface area contributed by atoms with E-state index >= 15 is 0 Å². The Hall–Kier alpha value is -1.15. The highest BCUT2D eigenvalue weighted by Gasteiger charge is 1.99. The van der Waals surface area contributed by atoms with E-state index in [1.54, 1.807) is 14.0 Å². The molecule has 1 aromatic carbocycles. The zero-order valence-corrected chi connectivity index (χ0v) is 8.04. The molecule has 0 aliphatic heterocycles. The van der Waals surface area contributed by atoms with Crippen LogP contribution < -0.4 is 0 Å². The topological polar surface area (TPSA) is 26.3 Å². The third kappa shape index (κ3) is 2.99. The van der Waals surface area contributed by atoms with Gasteiger partial charge >= 0.3 is 0 Å². The third-order valence-electron chi connectivity index (χ3n) is 1.93. The molecule has 70 valence electrons. The summed E-state index contributed by atoms with van der Waals surface area (Å²) >= 11 is 0. The molecule has 0 saturated heterocycles. The van der Waals surface area contributed by atoms with Crippen molar-refractivity contribution in [3.05, 3.63) is 35.4 Å². The molecule has 0 bridgehead atoms. The lowest BCUT2D eigenvalue weighted by Crippen LogP contribution is -1.97. The van der Waals surface area contributed by atoms with Crippen molar-refractivity contribution < 1.29 is 9.53 Å². The largest absolute Gasteiger partial charge is 0.384 e. The summed E-state index contributed by atoms with van der Waals surface area (Å²) in [5.41, 5.74) is 1.92. The van der Waals surface area contributed by atoms with Crippen LogP contribution in [-0.2, 0) is 11.2 Å². The maximum Gasteiger partial charge on any atom is 0.159 e. The second-order valence-electron chi connectivity index (χ2n) is 3.00. The maximum absolute atomic E-state index is 11.0. The molecule has 0 fully saturated rings. The molecule has 13 heavy (non-hydrogen) atoms. The van der Waals surface area contributed by atoms with E-state index in [9.17, 15) is 4.79 Å². The first-order chi connectivity index (χ1) is 6.24. The van der Waals surface area contributed by atoms with E-state index in [2.05, 4.69) is 0 Å². The van der Waals surface area contributed by atoms with Crippen LogP contribution in [0.2, 0.25) is 0 Å². The summed E-state index contributed by atoms with van der Waals surface area (Å²) in [6.07, 6.45) is 0.859. The van der Waals surface area contributed by atoms with Gasteiger partial charge in [-0.2, -0.15) is 0 Å². The quantitative estimate of drug-likeness (QED) is 0.660. The molecule has 0 heterocycles. The van der Waals surface area contributed by atoms with E-state index in [1.807, 2.05) is 24.3 Å². The van der Waals surface area contributed by atoms with Crippen molar-refractivity contribution in [1.29, 1.82) is 0 Å².